The molecule has 0 aliphatic rings. The van der Waals surface area contributed by atoms with Gasteiger partial charge in [0.2, 0.25) is 0 Å². The van der Waals surface area contributed by atoms with Crippen LogP contribution in [-0.2, 0) is 13.0 Å². The molecule has 1 aromatic carbocycles. The Kier molecular flexibility index (Phi) is 3.94. The summed E-state index contributed by atoms with van der Waals surface area (Å²) in [5.74, 6) is 0.760. The van der Waals surface area contributed by atoms with Gasteiger partial charge >= 0.3 is 0 Å². The van der Waals surface area contributed by atoms with Crippen molar-refractivity contribution in [3.05, 3.63) is 59.3 Å². The summed E-state index contributed by atoms with van der Waals surface area (Å²) in [6, 6.07) is 8.74. The average Bonchev–Trinajstić information content (AvgIpc) is 2.79. The minimum absolute atomic E-state index is 0.171. The summed E-state index contributed by atoms with van der Waals surface area (Å²) in [6.45, 7) is 3.52. The van der Waals surface area contributed by atoms with Crippen LogP contribution in [0.4, 0.5) is 4.39 Å². The van der Waals surface area contributed by atoms with E-state index in [1.165, 1.54) is 11.6 Å². The highest BCUT2D eigenvalue weighted by molar-refractivity contribution is 5.26. The van der Waals surface area contributed by atoms with Crippen LogP contribution in [0.1, 0.15) is 16.9 Å². The first kappa shape index (κ1) is 11.9. The summed E-state index contributed by atoms with van der Waals surface area (Å²) in [5.41, 5.74) is 2.18. The van der Waals surface area contributed by atoms with Crippen molar-refractivity contribution in [1.82, 2.24) is 5.32 Å². The van der Waals surface area contributed by atoms with Crippen LogP contribution >= 0.6 is 0 Å². The Morgan fingerprint density at radius 3 is 2.88 bits per heavy atom. The number of hydrogen-bond acceptors (Lipinski definition) is 2. The quantitative estimate of drug-likeness (QED) is 0.803. The van der Waals surface area contributed by atoms with Gasteiger partial charge in [-0.05, 0) is 55.3 Å². The highest BCUT2D eigenvalue weighted by atomic mass is 19.1. The van der Waals surface area contributed by atoms with E-state index in [0.29, 0.717) is 0 Å². The maximum absolute atomic E-state index is 12.9. The van der Waals surface area contributed by atoms with Crippen molar-refractivity contribution in [3.8, 4) is 0 Å². The van der Waals surface area contributed by atoms with Crippen LogP contribution in [0, 0.1) is 12.7 Å². The van der Waals surface area contributed by atoms with Crippen molar-refractivity contribution in [1.29, 1.82) is 0 Å². The van der Waals surface area contributed by atoms with Gasteiger partial charge in [0.15, 0.2) is 0 Å². The Labute approximate surface area is 100 Å². The molecule has 0 aliphatic carbocycles. The molecule has 0 saturated carbocycles. The van der Waals surface area contributed by atoms with Gasteiger partial charge < -0.3 is 9.73 Å². The fraction of sp³-hybridized carbons (Fsp3) is 0.286. The fourth-order valence-corrected chi connectivity index (χ4v) is 1.79. The van der Waals surface area contributed by atoms with E-state index in [1.54, 1.807) is 12.3 Å². The summed E-state index contributed by atoms with van der Waals surface area (Å²) in [6.07, 6.45) is 2.56. The molecule has 2 aromatic rings. The summed E-state index contributed by atoms with van der Waals surface area (Å²) >= 11 is 0. The zero-order valence-corrected chi connectivity index (χ0v) is 9.87. The molecule has 2 nitrogen and oxygen atoms in total. The van der Waals surface area contributed by atoms with E-state index in [9.17, 15) is 4.39 Å². The van der Waals surface area contributed by atoms with Gasteiger partial charge in [0.25, 0.3) is 0 Å². The number of halogens is 1. The Morgan fingerprint density at radius 2 is 2.18 bits per heavy atom. The Balaban J connectivity index is 1.78. The molecule has 0 saturated heterocycles. The van der Waals surface area contributed by atoms with Gasteiger partial charge in [-0.1, -0.05) is 6.07 Å². The van der Waals surface area contributed by atoms with Crippen LogP contribution in [0.3, 0.4) is 0 Å². The molecule has 17 heavy (non-hydrogen) atoms. The summed E-state index contributed by atoms with van der Waals surface area (Å²) < 4.78 is 18.1. The van der Waals surface area contributed by atoms with Crippen molar-refractivity contribution < 1.29 is 8.81 Å². The van der Waals surface area contributed by atoms with E-state index in [1.807, 2.05) is 25.1 Å². The molecule has 2 rings (SSSR count). The lowest BCUT2D eigenvalue weighted by Crippen LogP contribution is -2.16. The average molecular weight is 233 g/mol. The first-order valence-corrected chi connectivity index (χ1v) is 5.74. The second kappa shape index (κ2) is 5.64. The standard InChI is InChI=1S/C14H16FNO/c1-11-9-13(15)5-4-12(11)6-7-16-10-14-3-2-8-17-14/h2-5,8-9,16H,6-7,10H2,1H3. The molecule has 0 unspecified atom stereocenters. The minimum atomic E-state index is -0.171. The monoisotopic (exact) mass is 233 g/mol. The van der Waals surface area contributed by atoms with Crippen LogP contribution in [-0.4, -0.2) is 6.54 Å². The van der Waals surface area contributed by atoms with Gasteiger partial charge in [-0.25, -0.2) is 4.39 Å². The normalized spacial score (nSPS) is 10.7. The zero-order chi connectivity index (χ0) is 12.1. The van der Waals surface area contributed by atoms with Gasteiger partial charge in [-0.3, -0.25) is 0 Å². The maximum atomic E-state index is 12.9. The van der Waals surface area contributed by atoms with Crippen molar-refractivity contribution >= 4 is 0 Å². The van der Waals surface area contributed by atoms with E-state index in [0.717, 1.165) is 30.8 Å². The summed E-state index contributed by atoms with van der Waals surface area (Å²) in [7, 11) is 0. The lowest BCUT2D eigenvalue weighted by atomic mass is 10.1. The number of nitrogens with one attached hydrogen (secondary N) is 1. The highest BCUT2D eigenvalue weighted by Crippen LogP contribution is 2.10. The predicted molar refractivity (Wildman–Crippen MR) is 65.3 cm³/mol. The van der Waals surface area contributed by atoms with Crippen molar-refractivity contribution in [2.75, 3.05) is 6.54 Å². The first-order valence-electron chi connectivity index (χ1n) is 5.74. The van der Waals surface area contributed by atoms with Crippen LogP contribution in [0.2, 0.25) is 0 Å². The zero-order valence-electron chi connectivity index (χ0n) is 9.87. The number of hydrogen-bond donors (Lipinski definition) is 1. The second-order valence-electron chi connectivity index (χ2n) is 4.08. The predicted octanol–water partition coefficient (Wildman–Crippen LogP) is 3.06. The highest BCUT2D eigenvalue weighted by Gasteiger charge is 2.00. The number of rotatable bonds is 5. The third-order valence-corrected chi connectivity index (χ3v) is 2.76. The van der Waals surface area contributed by atoms with Gasteiger partial charge in [-0.15, -0.1) is 0 Å². The van der Waals surface area contributed by atoms with Gasteiger partial charge in [0, 0.05) is 0 Å². The molecular formula is C14H16FNO. The first-order chi connectivity index (χ1) is 8.25. The molecule has 0 fully saturated rings. The van der Waals surface area contributed by atoms with Crippen LogP contribution in [0.25, 0.3) is 0 Å². The maximum Gasteiger partial charge on any atom is 0.123 e. The Bertz CT molecular complexity index is 465. The Morgan fingerprint density at radius 1 is 1.29 bits per heavy atom. The smallest absolute Gasteiger partial charge is 0.123 e. The van der Waals surface area contributed by atoms with Crippen molar-refractivity contribution in [2.45, 2.75) is 19.9 Å². The lowest BCUT2D eigenvalue weighted by molar-refractivity contribution is 0.484. The van der Waals surface area contributed by atoms with E-state index >= 15 is 0 Å². The topological polar surface area (TPSA) is 25.2 Å². The molecule has 0 radical (unpaired) electrons. The molecule has 1 N–H and O–H groups in total. The summed E-state index contributed by atoms with van der Waals surface area (Å²) in [5, 5.41) is 3.29. The van der Waals surface area contributed by atoms with Gasteiger partial charge in [-0.2, -0.15) is 0 Å². The molecule has 1 heterocycles. The largest absolute Gasteiger partial charge is 0.468 e. The molecule has 0 aliphatic heterocycles. The van der Waals surface area contributed by atoms with Crippen molar-refractivity contribution in [3.63, 3.8) is 0 Å². The summed E-state index contributed by atoms with van der Waals surface area (Å²) in [4.78, 5) is 0. The number of benzene rings is 1. The molecular weight excluding hydrogens is 217 g/mol. The molecule has 3 heteroatoms. The third-order valence-electron chi connectivity index (χ3n) is 2.76. The SMILES string of the molecule is Cc1cc(F)ccc1CCNCc1ccco1. The van der Waals surface area contributed by atoms with E-state index in [2.05, 4.69) is 5.32 Å². The molecule has 0 bridgehead atoms. The van der Waals surface area contributed by atoms with Crippen LogP contribution < -0.4 is 5.32 Å². The van der Waals surface area contributed by atoms with Gasteiger partial charge in [0.1, 0.15) is 11.6 Å². The minimum Gasteiger partial charge on any atom is -0.468 e. The third kappa shape index (κ3) is 3.43. The number of aryl methyl sites for hydroxylation is 1. The molecule has 0 spiro atoms. The number of furan rings is 1. The Hall–Kier alpha value is -1.61. The van der Waals surface area contributed by atoms with Crippen LogP contribution in [0.15, 0.2) is 41.0 Å². The molecule has 1 aromatic heterocycles. The second-order valence-corrected chi connectivity index (χ2v) is 4.08. The molecule has 0 atom stereocenters. The van der Waals surface area contributed by atoms with E-state index in [4.69, 9.17) is 4.42 Å². The fourth-order valence-electron chi connectivity index (χ4n) is 1.79. The van der Waals surface area contributed by atoms with Gasteiger partial charge in [0.05, 0.1) is 12.8 Å². The molecule has 0 amide bonds. The van der Waals surface area contributed by atoms with Crippen LogP contribution in [0.5, 0.6) is 0 Å². The van der Waals surface area contributed by atoms with Crippen molar-refractivity contribution in [2.24, 2.45) is 0 Å². The lowest BCUT2D eigenvalue weighted by Gasteiger charge is -2.06. The van der Waals surface area contributed by atoms with E-state index < -0.39 is 0 Å². The van der Waals surface area contributed by atoms with E-state index in [-0.39, 0.29) is 5.82 Å². The molecule has 90 valence electrons.